The molecule has 4 heteroatoms. The van der Waals surface area contributed by atoms with Crippen LogP contribution < -0.4 is 0 Å². The molecule has 0 spiro atoms. The van der Waals surface area contributed by atoms with E-state index in [0.29, 0.717) is 20.9 Å². The first kappa shape index (κ1) is 8.60. The molecular weight excluding hydrogens is 209 g/mol. The average molecular weight is 214 g/mol. The lowest BCUT2D eigenvalue weighted by atomic mass is 10.2. The molecule has 0 atom stereocenters. The molecule has 2 rings (SSSR count). The van der Waals surface area contributed by atoms with Crippen LogP contribution in [0.3, 0.4) is 0 Å². The van der Waals surface area contributed by atoms with E-state index in [1.807, 2.05) is 0 Å². The summed E-state index contributed by atoms with van der Waals surface area (Å²) in [5.74, 6) is 0.0942. The first-order valence-corrected chi connectivity index (χ1v) is 4.36. The zero-order valence-electron chi connectivity index (χ0n) is 6.46. The Morgan fingerprint density at radius 1 is 1.15 bits per heavy atom. The Balaban J connectivity index is 2.87. The first-order valence-electron chi connectivity index (χ1n) is 3.60. The van der Waals surface area contributed by atoms with E-state index in [-0.39, 0.29) is 5.75 Å². The number of fused-ring (bicyclic) bond motifs is 1. The van der Waals surface area contributed by atoms with Crippen molar-refractivity contribution in [2.45, 2.75) is 0 Å². The van der Waals surface area contributed by atoms with Crippen molar-refractivity contribution in [2.75, 3.05) is 0 Å². The minimum atomic E-state index is 0.0942. The normalized spacial score (nSPS) is 10.6. The molecule has 0 saturated heterocycles. The van der Waals surface area contributed by atoms with Crippen LogP contribution >= 0.6 is 23.2 Å². The van der Waals surface area contributed by atoms with Crippen LogP contribution in [0, 0.1) is 0 Å². The molecule has 0 bridgehead atoms. The van der Waals surface area contributed by atoms with Crippen molar-refractivity contribution in [1.82, 2.24) is 4.98 Å². The number of rotatable bonds is 0. The van der Waals surface area contributed by atoms with Gasteiger partial charge in [0.05, 0.1) is 16.7 Å². The maximum absolute atomic E-state index is 9.17. The van der Waals surface area contributed by atoms with Gasteiger partial charge in [-0.15, -0.1) is 0 Å². The summed E-state index contributed by atoms with van der Waals surface area (Å²) in [6.07, 6.45) is 1.36. The second kappa shape index (κ2) is 3.05. The van der Waals surface area contributed by atoms with Gasteiger partial charge in [-0.3, -0.25) is 4.98 Å². The molecule has 2 nitrogen and oxygen atoms in total. The topological polar surface area (TPSA) is 33.1 Å². The van der Waals surface area contributed by atoms with Gasteiger partial charge in [0, 0.05) is 10.4 Å². The number of nitrogens with zero attached hydrogens (tertiary/aromatic N) is 1. The van der Waals surface area contributed by atoms with E-state index in [0.717, 1.165) is 0 Å². The van der Waals surface area contributed by atoms with Gasteiger partial charge in [-0.05, 0) is 18.2 Å². The van der Waals surface area contributed by atoms with E-state index >= 15 is 0 Å². The fraction of sp³-hybridized carbons (Fsp3) is 0. The van der Waals surface area contributed by atoms with Gasteiger partial charge >= 0.3 is 0 Å². The molecule has 0 aliphatic carbocycles. The molecular formula is C9H5Cl2NO. The van der Waals surface area contributed by atoms with E-state index in [9.17, 15) is 0 Å². The lowest BCUT2D eigenvalue weighted by molar-refractivity contribution is 0.474. The summed E-state index contributed by atoms with van der Waals surface area (Å²) in [7, 11) is 0. The Morgan fingerprint density at radius 3 is 2.69 bits per heavy atom. The van der Waals surface area contributed by atoms with Gasteiger partial charge in [0.25, 0.3) is 0 Å². The first-order chi connectivity index (χ1) is 6.16. The average Bonchev–Trinajstić information content (AvgIpc) is 2.06. The van der Waals surface area contributed by atoms with Gasteiger partial charge in [-0.2, -0.15) is 0 Å². The van der Waals surface area contributed by atoms with Crippen molar-refractivity contribution in [1.29, 1.82) is 0 Å². The highest BCUT2D eigenvalue weighted by atomic mass is 35.5. The number of hydrogen-bond acceptors (Lipinski definition) is 2. The van der Waals surface area contributed by atoms with Crippen LogP contribution in [0.4, 0.5) is 0 Å². The third kappa shape index (κ3) is 1.55. The second-order valence-corrected chi connectivity index (χ2v) is 3.49. The lowest BCUT2D eigenvalue weighted by Gasteiger charge is -2.00. The van der Waals surface area contributed by atoms with Gasteiger partial charge in [-0.1, -0.05) is 23.2 Å². The highest BCUT2D eigenvalue weighted by Crippen LogP contribution is 2.28. The van der Waals surface area contributed by atoms with E-state index in [1.54, 1.807) is 18.2 Å². The molecule has 0 aliphatic heterocycles. The predicted molar refractivity (Wildman–Crippen MR) is 53.4 cm³/mol. The Hall–Kier alpha value is -0.990. The molecule has 0 unspecified atom stereocenters. The maximum Gasteiger partial charge on any atom is 0.134 e. The fourth-order valence-corrected chi connectivity index (χ4v) is 1.68. The molecule has 1 heterocycles. The molecule has 0 radical (unpaired) electrons. The standard InChI is InChI=1S/C9H5Cl2NO/c10-5-1-8(11)7-3-6(13)4-12-9(7)2-5/h1-4,13H. The summed E-state index contributed by atoms with van der Waals surface area (Å²) in [5, 5.41) is 10.9. The Kier molecular flexibility index (Phi) is 2.02. The highest BCUT2D eigenvalue weighted by Gasteiger charge is 2.02. The molecule has 0 amide bonds. The molecule has 0 saturated carbocycles. The summed E-state index contributed by atoms with van der Waals surface area (Å²) < 4.78 is 0. The van der Waals surface area contributed by atoms with Gasteiger partial charge in [0.15, 0.2) is 0 Å². The quantitative estimate of drug-likeness (QED) is 0.730. The maximum atomic E-state index is 9.17. The van der Waals surface area contributed by atoms with Crippen LogP contribution in [-0.2, 0) is 0 Å². The van der Waals surface area contributed by atoms with Crippen molar-refractivity contribution < 1.29 is 5.11 Å². The summed E-state index contributed by atoms with van der Waals surface area (Å²) in [5.41, 5.74) is 0.676. The molecule has 2 aromatic rings. The third-order valence-electron chi connectivity index (χ3n) is 1.70. The van der Waals surface area contributed by atoms with Crippen molar-refractivity contribution in [3.8, 4) is 5.75 Å². The third-order valence-corrected chi connectivity index (χ3v) is 2.23. The largest absolute Gasteiger partial charge is 0.506 e. The molecule has 1 aromatic heterocycles. The van der Waals surface area contributed by atoms with Gasteiger partial charge in [0.1, 0.15) is 5.75 Å². The molecule has 0 aliphatic rings. The molecule has 1 aromatic carbocycles. The summed E-state index contributed by atoms with van der Waals surface area (Å²) in [4.78, 5) is 3.98. The SMILES string of the molecule is Oc1cnc2cc(Cl)cc(Cl)c2c1. The van der Waals surface area contributed by atoms with Crippen LogP contribution in [-0.4, -0.2) is 10.1 Å². The number of aromatic hydroxyl groups is 1. The Bertz CT molecular complexity index is 470. The predicted octanol–water partition coefficient (Wildman–Crippen LogP) is 3.25. The summed E-state index contributed by atoms with van der Waals surface area (Å²) in [6.45, 7) is 0. The van der Waals surface area contributed by atoms with E-state index in [4.69, 9.17) is 28.3 Å². The number of aromatic nitrogens is 1. The van der Waals surface area contributed by atoms with Crippen molar-refractivity contribution >= 4 is 34.1 Å². The summed E-state index contributed by atoms with van der Waals surface area (Å²) in [6, 6.07) is 4.87. The zero-order chi connectivity index (χ0) is 9.42. The van der Waals surface area contributed by atoms with Crippen LogP contribution in [0.25, 0.3) is 10.9 Å². The van der Waals surface area contributed by atoms with Crippen molar-refractivity contribution in [2.24, 2.45) is 0 Å². The molecule has 1 N–H and O–H groups in total. The zero-order valence-corrected chi connectivity index (χ0v) is 7.97. The molecule has 66 valence electrons. The Morgan fingerprint density at radius 2 is 1.92 bits per heavy atom. The lowest BCUT2D eigenvalue weighted by Crippen LogP contribution is -1.79. The van der Waals surface area contributed by atoms with Crippen molar-refractivity contribution in [3.63, 3.8) is 0 Å². The van der Waals surface area contributed by atoms with Crippen LogP contribution in [0.1, 0.15) is 0 Å². The van der Waals surface area contributed by atoms with Crippen LogP contribution in [0.2, 0.25) is 10.0 Å². The number of halogens is 2. The second-order valence-electron chi connectivity index (χ2n) is 2.65. The monoisotopic (exact) mass is 213 g/mol. The number of pyridine rings is 1. The number of hydrogen-bond donors (Lipinski definition) is 1. The van der Waals surface area contributed by atoms with Gasteiger partial charge in [-0.25, -0.2) is 0 Å². The minimum absolute atomic E-state index is 0.0942. The fourth-order valence-electron chi connectivity index (χ4n) is 1.14. The highest BCUT2D eigenvalue weighted by molar-refractivity contribution is 6.38. The minimum Gasteiger partial charge on any atom is -0.506 e. The van der Waals surface area contributed by atoms with E-state index in [1.165, 1.54) is 6.20 Å². The van der Waals surface area contributed by atoms with Gasteiger partial charge < -0.3 is 5.11 Å². The molecule has 13 heavy (non-hydrogen) atoms. The number of benzene rings is 1. The van der Waals surface area contributed by atoms with E-state index < -0.39 is 0 Å². The van der Waals surface area contributed by atoms with Crippen LogP contribution in [0.5, 0.6) is 5.75 Å². The molecule has 0 fully saturated rings. The van der Waals surface area contributed by atoms with E-state index in [2.05, 4.69) is 4.98 Å². The Labute approximate surface area is 84.7 Å². The van der Waals surface area contributed by atoms with Crippen molar-refractivity contribution in [3.05, 3.63) is 34.4 Å². The van der Waals surface area contributed by atoms with Crippen LogP contribution in [0.15, 0.2) is 24.4 Å². The summed E-state index contributed by atoms with van der Waals surface area (Å²) >= 11 is 11.7. The van der Waals surface area contributed by atoms with Gasteiger partial charge in [0.2, 0.25) is 0 Å². The smallest absolute Gasteiger partial charge is 0.134 e.